The van der Waals surface area contributed by atoms with E-state index in [0.29, 0.717) is 5.56 Å². The van der Waals surface area contributed by atoms with Gasteiger partial charge in [-0.15, -0.1) is 0 Å². The van der Waals surface area contributed by atoms with Gasteiger partial charge in [-0.2, -0.15) is 0 Å². The summed E-state index contributed by atoms with van der Waals surface area (Å²) in [6.07, 6.45) is 3.34. The summed E-state index contributed by atoms with van der Waals surface area (Å²) < 4.78 is 10.1. The zero-order chi connectivity index (χ0) is 14.4. The van der Waals surface area contributed by atoms with Crippen LogP contribution in [0.25, 0.3) is 6.08 Å². The minimum Gasteiger partial charge on any atom is -0.497 e. The Morgan fingerprint density at radius 2 is 1.35 bits per heavy atom. The molecule has 2 aromatic rings. The average Bonchev–Trinajstić information content (AvgIpc) is 2.53. The van der Waals surface area contributed by atoms with Crippen LogP contribution in [0.3, 0.4) is 0 Å². The Bertz CT molecular complexity index is 595. The highest BCUT2D eigenvalue weighted by atomic mass is 16.5. The topological polar surface area (TPSA) is 35.5 Å². The smallest absolute Gasteiger partial charge is 0.185 e. The quantitative estimate of drug-likeness (QED) is 0.614. The molecule has 0 aliphatic carbocycles. The lowest BCUT2D eigenvalue weighted by atomic mass is 10.1. The van der Waals surface area contributed by atoms with Crippen LogP contribution in [0.2, 0.25) is 0 Å². The lowest BCUT2D eigenvalue weighted by molar-refractivity contribution is 0.104. The maximum Gasteiger partial charge on any atom is 0.185 e. The van der Waals surface area contributed by atoms with Gasteiger partial charge < -0.3 is 9.47 Å². The molecule has 0 N–H and O–H groups in total. The van der Waals surface area contributed by atoms with Crippen LogP contribution < -0.4 is 9.47 Å². The molecule has 0 unspecified atom stereocenters. The normalized spacial score (nSPS) is 10.5. The molecule has 0 bridgehead atoms. The highest BCUT2D eigenvalue weighted by Crippen LogP contribution is 2.14. The molecule has 0 atom stereocenters. The first kappa shape index (κ1) is 13.9. The molecule has 0 amide bonds. The zero-order valence-electron chi connectivity index (χ0n) is 11.5. The Labute approximate surface area is 118 Å². The Hall–Kier alpha value is -2.55. The number of carbonyl (C=O) groups is 1. The Kier molecular flexibility index (Phi) is 4.56. The summed E-state index contributed by atoms with van der Waals surface area (Å²) in [4.78, 5) is 12.0. The number of hydrogen-bond donors (Lipinski definition) is 0. The minimum absolute atomic E-state index is 0.0385. The third kappa shape index (κ3) is 3.48. The molecule has 0 saturated carbocycles. The zero-order valence-corrected chi connectivity index (χ0v) is 11.5. The van der Waals surface area contributed by atoms with Crippen molar-refractivity contribution in [2.24, 2.45) is 0 Å². The number of benzene rings is 2. The van der Waals surface area contributed by atoms with E-state index in [1.165, 1.54) is 0 Å². The van der Waals surface area contributed by atoms with Crippen molar-refractivity contribution >= 4 is 11.9 Å². The molecular formula is C17H16O3. The highest BCUT2D eigenvalue weighted by molar-refractivity contribution is 6.06. The summed E-state index contributed by atoms with van der Waals surface area (Å²) >= 11 is 0. The van der Waals surface area contributed by atoms with Crippen molar-refractivity contribution < 1.29 is 14.3 Å². The summed E-state index contributed by atoms with van der Waals surface area (Å²) in [5.74, 6) is 1.49. The van der Waals surface area contributed by atoms with E-state index in [0.717, 1.165) is 17.1 Å². The van der Waals surface area contributed by atoms with E-state index < -0.39 is 0 Å². The van der Waals surface area contributed by atoms with Gasteiger partial charge in [0.15, 0.2) is 5.78 Å². The molecule has 3 nitrogen and oxygen atoms in total. The number of rotatable bonds is 5. The van der Waals surface area contributed by atoms with Crippen LogP contribution in [-0.4, -0.2) is 20.0 Å². The SMILES string of the molecule is COc1ccc(/C=C\C(=O)c2ccc(OC)cc2)cc1. The van der Waals surface area contributed by atoms with Gasteiger partial charge in [0.25, 0.3) is 0 Å². The van der Waals surface area contributed by atoms with Gasteiger partial charge in [-0.25, -0.2) is 0 Å². The van der Waals surface area contributed by atoms with Crippen LogP contribution in [0.1, 0.15) is 15.9 Å². The maximum absolute atomic E-state index is 12.0. The van der Waals surface area contributed by atoms with Crippen LogP contribution in [0, 0.1) is 0 Å². The summed E-state index contributed by atoms with van der Waals surface area (Å²) in [5, 5.41) is 0. The van der Waals surface area contributed by atoms with Crippen LogP contribution in [0.4, 0.5) is 0 Å². The maximum atomic E-state index is 12.0. The molecule has 102 valence electrons. The summed E-state index contributed by atoms with van der Waals surface area (Å²) in [6, 6.07) is 14.6. The van der Waals surface area contributed by atoms with E-state index in [1.807, 2.05) is 24.3 Å². The van der Waals surface area contributed by atoms with Crippen molar-refractivity contribution in [1.29, 1.82) is 0 Å². The predicted molar refractivity (Wildman–Crippen MR) is 79.4 cm³/mol. The van der Waals surface area contributed by atoms with Gasteiger partial charge in [0.2, 0.25) is 0 Å². The van der Waals surface area contributed by atoms with Crippen molar-refractivity contribution in [3.8, 4) is 11.5 Å². The average molecular weight is 268 g/mol. The fourth-order valence-electron chi connectivity index (χ4n) is 1.74. The van der Waals surface area contributed by atoms with Crippen molar-refractivity contribution in [2.75, 3.05) is 14.2 Å². The van der Waals surface area contributed by atoms with Gasteiger partial charge in [-0.05, 0) is 48.0 Å². The predicted octanol–water partition coefficient (Wildman–Crippen LogP) is 3.60. The molecule has 0 aliphatic heterocycles. The monoisotopic (exact) mass is 268 g/mol. The molecule has 0 heterocycles. The van der Waals surface area contributed by atoms with Crippen molar-refractivity contribution in [1.82, 2.24) is 0 Å². The van der Waals surface area contributed by atoms with Crippen LogP contribution in [-0.2, 0) is 0 Å². The van der Waals surface area contributed by atoms with E-state index >= 15 is 0 Å². The van der Waals surface area contributed by atoms with E-state index in [9.17, 15) is 4.79 Å². The first-order valence-electron chi connectivity index (χ1n) is 6.23. The van der Waals surface area contributed by atoms with Crippen LogP contribution in [0.15, 0.2) is 54.6 Å². The molecule has 0 fully saturated rings. The van der Waals surface area contributed by atoms with Crippen LogP contribution >= 0.6 is 0 Å². The molecule has 2 aromatic carbocycles. The van der Waals surface area contributed by atoms with E-state index in [2.05, 4.69) is 0 Å². The Balaban J connectivity index is 2.07. The van der Waals surface area contributed by atoms with Gasteiger partial charge in [-0.3, -0.25) is 4.79 Å². The number of ketones is 1. The fourth-order valence-corrected chi connectivity index (χ4v) is 1.74. The first-order valence-corrected chi connectivity index (χ1v) is 6.23. The second-order valence-corrected chi connectivity index (χ2v) is 4.20. The Morgan fingerprint density at radius 3 is 1.85 bits per heavy atom. The van der Waals surface area contributed by atoms with Crippen LogP contribution in [0.5, 0.6) is 11.5 Å². The largest absolute Gasteiger partial charge is 0.497 e. The molecule has 0 radical (unpaired) electrons. The lowest BCUT2D eigenvalue weighted by Gasteiger charge is -2.01. The van der Waals surface area contributed by atoms with Gasteiger partial charge in [0.1, 0.15) is 11.5 Å². The second-order valence-electron chi connectivity index (χ2n) is 4.20. The number of methoxy groups -OCH3 is 2. The molecule has 0 aliphatic rings. The van der Waals surface area contributed by atoms with E-state index in [4.69, 9.17) is 9.47 Å². The molecule has 2 rings (SSSR count). The highest BCUT2D eigenvalue weighted by Gasteiger charge is 2.01. The number of hydrogen-bond acceptors (Lipinski definition) is 3. The minimum atomic E-state index is -0.0385. The summed E-state index contributed by atoms with van der Waals surface area (Å²) in [7, 11) is 3.22. The van der Waals surface area contributed by atoms with Crippen molar-refractivity contribution in [3.05, 3.63) is 65.7 Å². The molecule has 0 spiro atoms. The van der Waals surface area contributed by atoms with Crippen molar-refractivity contribution in [2.45, 2.75) is 0 Å². The van der Waals surface area contributed by atoms with E-state index in [-0.39, 0.29) is 5.78 Å². The Morgan fingerprint density at radius 1 is 0.850 bits per heavy atom. The summed E-state index contributed by atoms with van der Waals surface area (Å²) in [5.41, 5.74) is 1.59. The number of allylic oxidation sites excluding steroid dienone is 1. The van der Waals surface area contributed by atoms with Gasteiger partial charge >= 0.3 is 0 Å². The summed E-state index contributed by atoms with van der Waals surface area (Å²) in [6.45, 7) is 0. The fraction of sp³-hybridized carbons (Fsp3) is 0.118. The number of carbonyl (C=O) groups excluding carboxylic acids is 1. The molecule has 20 heavy (non-hydrogen) atoms. The van der Waals surface area contributed by atoms with Gasteiger partial charge in [0, 0.05) is 5.56 Å². The van der Waals surface area contributed by atoms with Crippen molar-refractivity contribution in [3.63, 3.8) is 0 Å². The molecule has 0 aromatic heterocycles. The lowest BCUT2D eigenvalue weighted by Crippen LogP contribution is -1.94. The standard InChI is InChI=1S/C17H16O3/c1-19-15-8-3-13(4-9-15)5-12-17(18)14-6-10-16(20-2)11-7-14/h3-12H,1-2H3/b12-5-. The first-order chi connectivity index (χ1) is 9.72. The molecule has 0 saturated heterocycles. The second kappa shape index (κ2) is 6.57. The third-order valence-corrected chi connectivity index (χ3v) is 2.92. The molecule has 3 heteroatoms. The van der Waals surface area contributed by atoms with Gasteiger partial charge in [0.05, 0.1) is 14.2 Å². The third-order valence-electron chi connectivity index (χ3n) is 2.92. The number of ether oxygens (including phenoxy) is 2. The van der Waals surface area contributed by atoms with Gasteiger partial charge in [-0.1, -0.05) is 18.2 Å². The van der Waals surface area contributed by atoms with E-state index in [1.54, 1.807) is 50.6 Å². The molecular weight excluding hydrogens is 252 g/mol.